The summed E-state index contributed by atoms with van der Waals surface area (Å²) in [5.41, 5.74) is 6.37. The molecule has 7 heteroatoms. The first-order chi connectivity index (χ1) is 10.6. The van der Waals surface area contributed by atoms with Gasteiger partial charge >= 0.3 is 0 Å². The molecule has 0 amide bonds. The fourth-order valence-electron chi connectivity index (χ4n) is 2.48. The van der Waals surface area contributed by atoms with Gasteiger partial charge in [0, 0.05) is 29.8 Å². The maximum Gasteiger partial charge on any atom is 0.268 e. The molecule has 22 heavy (non-hydrogen) atoms. The van der Waals surface area contributed by atoms with E-state index < -0.39 is 5.56 Å². The monoisotopic (exact) mass is 290 g/mol. The number of hydrogen-bond donors (Lipinski definition) is 2. The number of nitrogens with one attached hydrogen (secondary N) is 1. The molecule has 0 aliphatic carbocycles. The third-order valence-corrected chi connectivity index (χ3v) is 3.39. The molecule has 0 saturated heterocycles. The lowest BCUT2D eigenvalue weighted by Gasteiger charge is -2.09. The maximum absolute atomic E-state index is 12.0. The Labute approximate surface area is 124 Å². The highest BCUT2D eigenvalue weighted by molar-refractivity contribution is 5.97. The van der Waals surface area contributed by atoms with E-state index in [-0.39, 0.29) is 22.5 Å². The van der Waals surface area contributed by atoms with Gasteiger partial charge in [-0.2, -0.15) is 15.6 Å². The van der Waals surface area contributed by atoms with Crippen molar-refractivity contribution in [3.05, 3.63) is 45.9 Å². The second kappa shape index (κ2) is 4.76. The number of aryl methyl sites for hydroxylation is 1. The summed E-state index contributed by atoms with van der Waals surface area (Å²) in [6.45, 7) is 0. The SMILES string of the molecule is Cn1cc2cccc(-c3c(C#N)c(N)[nH]c(=O)c3C#N)c2n1. The molecular weight excluding hydrogens is 280 g/mol. The van der Waals surface area contributed by atoms with E-state index in [2.05, 4.69) is 10.1 Å². The summed E-state index contributed by atoms with van der Waals surface area (Å²) in [5, 5.41) is 23.8. The number of nitrogens with two attached hydrogens (primary N) is 1. The standard InChI is InChI=1S/C15H10N6O/c1-21-7-8-3-2-4-9(13(8)20-21)12-10(5-16)14(18)19-15(22)11(12)6-17/h2-4,7H,1H3,(H3,18,19,22). The predicted molar refractivity (Wildman–Crippen MR) is 80.6 cm³/mol. The molecule has 2 heterocycles. The Morgan fingerprint density at radius 3 is 2.68 bits per heavy atom. The Morgan fingerprint density at radius 2 is 2.00 bits per heavy atom. The zero-order valence-electron chi connectivity index (χ0n) is 11.6. The summed E-state index contributed by atoms with van der Waals surface area (Å²) in [7, 11) is 1.77. The van der Waals surface area contributed by atoms with Gasteiger partial charge in [-0.05, 0) is 0 Å². The highest BCUT2D eigenvalue weighted by atomic mass is 16.1. The molecule has 106 valence electrons. The van der Waals surface area contributed by atoms with Crippen LogP contribution in [0.15, 0.2) is 29.2 Å². The van der Waals surface area contributed by atoms with Crippen LogP contribution in [0.25, 0.3) is 22.0 Å². The summed E-state index contributed by atoms with van der Waals surface area (Å²) in [6.07, 6.45) is 1.81. The predicted octanol–water partition coefficient (Wildman–Crippen LogP) is 1.25. The van der Waals surface area contributed by atoms with Crippen LogP contribution in [0.1, 0.15) is 11.1 Å². The van der Waals surface area contributed by atoms with Gasteiger partial charge in [0.05, 0.1) is 0 Å². The second-order valence-corrected chi connectivity index (χ2v) is 4.76. The van der Waals surface area contributed by atoms with Crippen molar-refractivity contribution in [1.82, 2.24) is 14.8 Å². The molecule has 0 saturated carbocycles. The van der Waals surface area contributed by atoms with E-state index in [0.29, 0.717) is 11.1 Å². The number of aromatic amines is 1. The molecule has 0 fully saturated rings. The van der Waals surface area contributed by atoms with Crippen LogP contribution < -0.4 is 11.3 Å². The van der Waals surface area contributed by atoms with Crippen LogP contribution in [-0.2, 0) is 7.05 Å². The van der Waals surface area contributed by atoms with Crippen LogP contribution in [0.5, 0.6) is 0 Å². The summed E-state index contributed by atoms with van der Waals surface area (Å²) in [5.74, 6) is -0.0607. The van der Waals surface area contributed by atoms with Gasteiger partial charge in [-0.1, -0.05) is 18.2 Å². The molecule has 3 N–H and O–H groups in total. The first-order valence-corrected chi connectivity index (χ1v) is 6.35. The molecule has 0 bridgehead atoms. The number of nitrogen functional groups attached to an aromatic ring is 1. The Kier molecular flexibility index (Phi) is 2.90. The molecule has 7 nitrogen and oxygen atoms in total. The lowest BCUT2D eigenvalue weighted by Crippen LogP contribution is -2.16. The molecule has 0 radical (unpaired) electrons. The number of benzene rings is 1. The van der Waals surface area contributed by atoms with Crippen molar-refractivity contribution in [2.45, 2.75) is 0 Å². The summed E-state index contributed by atoms with van der Waals surface area (Å²) in [6, 6.07) is 9.16. The van der Waals surface area contributed by atoms with E-state index in [9.17, 15) is 15.3 Å². The van der Waals surface area contributed by atoms with E-state index in [1.54, 1.807) is 23.9 Å². The summed E-state index contributed by atoms with van der Waals surface area (Å²) >= 11 is 0. The van der Waals surface area contributed by atoms with Crippen LogP contribution in [0.4, 0.5) is 5.82 Å². The van der Waals surface area contributed by atoms with Crippen molar-refractivity contribution < 1.29 is 0 Å². The molecule has 3 rings (SSSR count). The van der Waals surface area contributed by atoms with Crippen molar-refractivity contribution in [3.8, 4) is 23.3 Å². The number of pyridine rings is 1. The molecular formula is C15H10N6O. The van der Waals surface area contributed by atoms with Crippen LogP contribution in [0, 0.1) is 22.7 Å². The lowest BCUT2D eigenvalue weighted by molar-refractivity contribution is 0.780. The van der Waals surface area contributed by atoms with Crippen molar-refractivity contribution in [2.75, 3.05) is 5.73 Å². The van der Waals surface area contributed by atoms with Gasteiger partial charge in [0.15, 0.2) is 0 Å². The Bertz CT molecular complexity index is 1040. The Balaban J connectivity index is 2.53. The number of anilines is 1. The quantitative estimate of drug-likeness (QED) is 0.698. The zero-order valence-corrected chi connectivity index (χ0v) is 11.6. The third-order valence-electron chi connectivity index (χ3n) is 3.39. The summed E-state index contributed by atoms with van der Waals surface area (Å²) in [4.78, 5) is 14.3. The smallest absolute Gasteiger partial charge is 0.268 e. The highest BCUT2D eigenvalue weighted by Crippen LogP contribution is 2.32. The van der Waals surface area contributed by atoms with Crippen LogP contribution in [0.3, 0.4) is 0 Å². The van der Waals surface area contributed by atoms with Gasteiger partial charge in [0.25, 0.3) is 5.56 Å². The molecule has 2 aromatic heterocycles. The van der Waals surface area contributed by atoms with Gasteiger partial charge in [-0.15, -0.1) is 0 Å². The first-order valence-electron chi connectivity index (χ1n) is 6.35. The minimum Gasteiger partial charge on any atom is -0.384 e. The van der Waals surface area contributed by atoms with Crippen molar-refractivity contribution in [3.63, 3.8) is 0 Å². The Morgan fingerprint density at radius 1 is 1.27 bits per heavy atom. The van der Waals surface area contributed by atoms with Crippen molar-refractivity contribution >= 4 is 16.7 Å². The van der Waals surface area contributed by atoms with E-state index in [0.717, 1.165) is 5.39 Å². The maximum atomic E-state index is 12.0. The average Bonchev–Trinajstić information content (AvgIpc) is 2.86. The lowest BCUT2D eigenvalue weighted by atomic mass is 9.95. The van der Waals surface area contributed by atoms with Crippen LogP contribution >= 0.6 is 0 Å². The van der Waals surface area contributed by atoms with Crippen molar-refractivity contribution in [2.24, 2.45) is 7.05 Å². The van der Waals surface area contributed by atoms with E-state index in [1.807, 2.05) is 24.4 Å². The van der Waals surface area contributed by atoms with Crippen LogP contribution in [0.2, 0.25) is 0 Å². The Hall–Kier alpha value is -3.58. The minimum absolute atomic E-state index is 0.0607. The van der Waals surface area contributed by atoms with Gasteiger partial charge in [-0.25, -0.2) is 0 Å². The number of fused-ring (bicyclic) bond motifs is 1. The second-order valence-electron chi connectivity index (χ2n) is 4.76. The molecule has 0 atom stereocenters. The highest BCUT2D eigenvalue weighted by Gasteiger charge is 2.20. The normalized spacial score (nSPS) is 10.3. The summed E-state index contributed by atoms with van der Waals surface area (Å²) < 4.78 is 1.63. The number of H-pyrrole nitrogens is 1. The number of aromatic nitrogens is 3. The number of rotatable bonds is 1. The van der Waals surface area contributed by atoms with E-state index >= 15 is 0 Å². The molecule has 0 spiro atoms. The van der Waals surface area contributed by atoms with Gasteiger partial charge in [0.2, 0.25) is 0 Å². The largest absolute Gasteiger partial charge is 0.384 e. The molecule has 0 aliphatic heterocycles. The van der Waals surface area contributed by atoms with Gasteiger partial charge < -0.3 is 10.7 Å². The fraction of sp³-hybridized carbons (Fsp3) is 0.0667. The topological polar surface area (TPSA) is 124 Å². The average molecular weight is 290 g/mol. The number of nitriles is 2. The van der Waals surface area contributed by atoms with Crippen LogP contribution in [-0.4, -0.2) is 14.8 Å². The van der Waals surface area contributed by atoms with Crippen molar-refractivity contribution in [1.29, 1.82) is 10.5 Å². The number of nitrogens with zero attached hydrogens (tertiary/aromatic N) is 4. The van der Waals surface area contributed by atoms with E-state index in [1.165, 1.54) is 0 Å². The molecule has 3 aromatic rings. The third kappa shape index (κ3) is 1.81. The van der Waals surface area contributed by atoms with E-state index in [4.69, 9.17) is 5.73 Å². The molecule has 1 aromatic carbocycles. The number of hydrogen-bond acceptors (Lipinski definition) is 5. The van der Waals surface area contributed by atoms with Gasteiger partial charge in [-0.3, -0.25) is 9.48 Å². The molecule has 0 aliphatic rings. The first kappa shape index (κ1) is 13.4. The fourth-order valence-corrected chi connectivity index (χ4v) is 2.48. The molecule has 0 unspecified atom stereocenters. The minimum atomic E-state index is -0.623. The van der Waals surface area contributed by atoms with Gasteiger partial charge in [0.1, 0.15) is 34.6 Å². The zero-order chi connectivity index (χ0) is 15.9.